The lowest BCUT2D eigenvalue weighted by atomic mass is 10.2. The molecule has 27 heavy (non-hydrogen) atoms. The fraction of sp³-hybridized carbons (Fsp3) is 0.238. The minimum absolute atomic E-state index is 0.177. The number of halogens is 1. The van der Waals surface area contributed by atoms with E-state index in [0.29, 0.717) is 18.2 Å². The summed E-state index contributed by atoms with van der Waals surface area (Å²) in [5.74, 6) is 1.34. The largest absolute Gasteiger partial charge is 0.366 e. The molecular weight excluding hydrogens is 341 g/mol. The SMILES string of the molecule is C=CCNc1nc(N2CCN(c3ccccc3F)CC2)nc2ccccc12. The molecule has 6 heteroatoms. The second-order valence-electron chi connectivity index (χ2n) is 6.48. The van der Waals surface area contributed by atoms with E-state index in [9.17, 15) is 4.39 Å². The number of fused-ring (bicyclic) bond motifs is 1. The Balaban J connectivity index is 1.56. The molecule has 1 aliphatic rings. The van der Waals surface area contributed by atoms with Gasteiger partial charge in [-0.15, -0.1) is 6.58 Å². The second kappa shape index (κ2) is 7.61. The molecule has 1 aromatic heterocycles. The highest BCUT2D eigenvalue weighted by molar-refractivity contribution is 5.90. The van der Waals surface area contributed by atoms with Crippen molar-refractivity contribution in [3.8, 4) is 0 Å². The van der Waals surface area contributed by atoms with Gasteiger partial charge in [0.15, 0.2) is 0 Å². The zero-order valence-corrected chi connectivity index (χ0v) is 15.1. The summed E-state index contributed by atoms with van der Waals surface area (Å²) in [5, 5.41) is 4.30. The van der Waals surface area contributed by atoms with Gasteiger partial charge in [0.2, 0.25) is 5.95 Å². The molecular formula is C21H22FN5. The number of aromatic nitrogens is 2. The highest BCUT2D eigenvalue weighted by atomic mass is 19.1. The number of nitrogens with zero attached hydrogens (tertiary/aromatic N) is 4. The van der Waals surface area contributed by atoms with Crippen molar-refractivity contribution in [2.24, 2.45) is 0 Å². The summed E-state index contributed by atoms with van der Waals surface area (Å²) in [6.07, 6.45) is 1.81. The minimum atomic E-state index is -0.177. The van der Waals surface area contributed by atoms with Gasteiger partial charge in [-0.1, -0.05) is 30.3 Å². The van der Waals surface area contributed by atoms with Crippen molar-refractivity contribution < 1.29 is 4.39 Å². The van der Waals surface area contributed by atoms with Crippen LogP contribution in [0.25, 0.3) is 10.9 Å². The smallest absolute Gasteiger partial charge is 0.228 e. The zero-order chi connectivity index (χ0) is 18.6. The van der Waals surface area contributed by atoms with Gasteiger partial charge in [-0.2, -0.15) is 4.98 Å². The van der Waals surface area contributed by atoms with E-state index >= 15 is 0 Å². The van der Waals surface area contributed by atoms with Crippen LogP contribution in [-0.4, -0.2) is 42.7 Å². The van der Waals surface area contributed by atoms with E-state index in [4.69, 9.17) is 9.97 Å². The summed E-state index contributed by atoms with van der Waals surface area (Å²) in [4.78, 5) is 13.7. The molecule has 0 amide bonds. The number of anilines is 3. The number of para-hydroxylation sites is 2. The fourth-order valence-electron chi connectivity index (χ4n) is 3.36. The molecule has 5 nitrogen and oxygen atoms in total. The Morgan fingerprint density at radius 3 is 2.44 bits per heavy atom. The molecule has 0 bridgehead atoms. The Morgan fingerprint density at radius 1 is 0.963 bits per heavy atom. The molecule has 1 aliphatic heterocycles. The first kappa shape index (κ1) is 17.3. The predicted molar refractivity (Wildman–Crippen MR) is 109 cm³/mol. The lowest BCUT2D eigenvalue weighted by molar-refractivity contribution is 0.594. The highest BCUT2D eigenvalue weighted by Gasteiger charge is 2.22. The van der Waals surface area contributed by atoms with Crippen LogP contribution in [0.5, 0.6) is 0 Å². The maximum absolute atomic E-state index is 14.0. The average Bonchev–Trinajstić information content (AvgIpc) is 2.72. The number of benzene rings is 2. The van der Waals surface area contributed by atoms with Crippen LogP contribution in [0, 0.1) is 5.82 Å². The number of hydrogen-bond acceptors (Lipinski definition) is 5. The van der Waals surface area contributed by atoms with E-state index in [2.05, 4.69) is 21.7 Å². The van der Waals surface area contributed by atoms with Gasteiger partial charge >= 0.3 is 0 Å². The van der Waals surface area contributed by atoms with Crippen molar-refractivity contribution in [2.45, 2.75) is 0 Å². The van der Waals surface area contributed by atoms with Crippen molar-refractivity contribution >= 4 is 28.4 Å². The van der Waals surface area contributed by atoms with E-state index in [1.165, 1.54) is 6.07 Å². The van der Waals surface area contributed by atoms with Crippen molar-refractivity contribution in [1.82, 2.24) is 9.97 Å². The second-order valence-corrected chi connectivity index (χ2v) is 6.48. The summed E-state index contributed by atoms with van der Waals surface area (Å²) >= 11 is 0. The van der Waals surface area contributed by atoms with Crippen molar-refractivity contribution in [3.63, 3.8) is 0 Å². The van der Waals surface area contributed by atoms with Crippen LogP contribution in [0.3, 0.4) is 0 Å². The number of nitrogens with one attached hydrogen (secondary N) is 1. The highest BCUT2D eigenvalue weighted by Crippen LogP contribution is 2.25. The van der Waals surface area contributed by atoms with Gasteiger partial charge in [0.25, 0.3) is 0 Å². The van der Waals surface area contributed by atoms with Gasteiger partial charge in [-0.05, 0) is 24.3 Å². The third kappa shape index (κ3) is 3.56. The van der Waals surface area contributed by atoms with Crippen molar-refractivity contribution in [3.05, 3.63) is 67.0 Å². The Bertz CT molecular complexity index is 950. The van der Waals surface area contributed by atoms with Crippen molar-refractivity contribution in [2.75, 3.05) is 47.8 Å². The van der Waals surface area contributed by atoms with Gasteiger partial charge < -0.3 is 15.1 Å². The number of piperazine rings is 1. The first-order valence-electron chi connectivity index (χ1n) is 9.12. The quantitative estimate of drug-likeness (QED) is 0.701. The topological polar surface area (TPSA) is 44.3 Å². The Labute approximate surface area is 158 Å². The minimum Gasteiger partial charge on any atom is -0.366 e. The van der Waals surface area contributed by atoms with Crippen LogP contribution in [-0.2, 0) is 0 Å². The molecule has 3 aromatic rings. The predicted octanol–water partition coefficient (Wildman–Crippen LogP) is 3.69. The van der Waals surface area contributed by atoms with E-state index in [1.807, 2.05) is 42.5 Å². The molecule has 0 atom stereocenters. The summed E-state index contributed by atoms with van der Waals surface area (Å²) in [6.45, 7) is 7.34. The summed E-state index contributed by atoms with van der Waals surface area (Å²) < 4.78 is 14.0. The Morgan fingerprint density at radius 2 is 1.67 bits per heavy atom. The number of hydrogen-bond donors (Lipinski definition) is 1. The molecule has 1 saturated heterocycles. The summed E-state index contributed by atoms with van der Waals surface area (Å²) in [6, 6.07) is 14.9. The van der Waals surface area contributed by atoms with Crippen LogP contribution in [0.4, 0.5) is 21.8 Å². The van der Waals surface area contributed by atoms with Gasteiger partial charge in [0.05, 0.1) is 11.2 Å². The molecule has 0 aliphatic carbocycles. The Hall–Kier alpha value is -3.15. The number of rotatable bonds is 5. The van der Waals surface area contributed by atoms with Crippen LogP contribution in [0.15, 0.2) is 61.2 Å². The van der Waals surface area contributed by atoms with E-state index < -0.39 is 0 Å². The average molecular weight is 363 g/mol. The third-order valence-corrected chi connectivity index (χ3v) is 4.76. The van der Waals surface area contributed by atoms with Gasteiger partial charge in [0, 0.05) is 38.1 Å². The molecule has 0 radical (unpaired) electrons. The standard InChI is InChI=1S/C21H22FN5/c1-2-11-23-20-16-7-3-5-9-18(16)24-21(25-20)27-14-12-26(13-15-27)19-10-6-4-8-17(19)22/h2-10H,1,11-15H2,(H,23,24,25). The van der Waals surface area contributed by atoms with Crippen LogP contribution in [0.2, 0.25) is 0 Å². The van der Waals surface area contributed by atoms with E-state index in [-0.39, 0.29) is 5.82 Å². The first-order chi connectivity index (χ1) is 13.3. The van der Waals surface area contributed by atoms with Gasteiger partial charge in [-0.25, -0.2) is 9.37 Å². The molecule has 1 N–H and O–H groups in total. The summed E-state index contributed by atoms with van der Waals surface area (Å²) in [7, 11) is 0. The molecule has 2 aromatic carbocycles. The lowest BCUT2D eigenvalue weighted by Gasteiger charge is -2.36. The fourth-order valence-corrected chi connectivity index (χ4v) is 3.36. The molecule has 138 valence electrons. The molecule has 0 unspecified atom stereocenters. The lowest BCUT2D eigenvalue weighted by Crippen LogP contribution is -2.47. The van der Waals surface area contributed by atoms with Gasteiger partial charge in [-0.3, -0.25) is 0 Å². The summed E-state index contributed by atoms with van der Waals surface area (Å²) in [5.41, 5.74) is 1.57. The zero-order valence-electron chi connectivity index (χ0n) is 15.1. The van der Waals surface area contributed by atoms with E-state index in [0.717, 1.165) is 42.9 Å². The van der Waals surface area contributed by atoms with Crippen LogP contribution >= 0.6 is 0 Å². The first-order valence-corrected chi connectivity index (χ1v) is 9.12. The van der Waals surface area contributed by atoms with Crippen LogP contribution < -0.4 is 15.1 Å². The third-order valence-electron chi connectivity index (χ3n) is 4.76. The molecule has 0 spiro atoms. The molecule has 4 rings (SSSR count). The maximum Gasteiger partial charge on any atom is 0.228 e. The molecule has 0 saturated carbocycles. The Kier molecular flexibility index (Phi) is 4.87. The van der Waals surface area contributed by atoms with Crippen LogP contribution in [0.1, 0.15) is 0 Å². The monoisotopic (exact) mass is 363 g/mol. The molecule has 1 fully saturated rings. The van der Waals surface area contributed by atoms with Gasteiger partial charge in [0.1, 0.15) is 11.6 Å². The van der Waals surface area contributed by atoms with Crippen molar-refractivity contribution in [1.29, 1.82) is 0 Å². The molecule has 2 heterocycles. The maximum atomic E-state index is 14.0. The normalized spacial score (nSPS) is 14.4. The van der Waals surface area contributed by atoms with E-state index in [1.54, 1.807) is 6.07 Å².